The smallest absolute Gasteiger partial charge is 0.0323 e. The molecule has 0 aromatic heterocycles. The summed E-state index contributed by atoms with van der Waals surface area (Å²) in [5.41, 5.74) is 0. The third-order valence-corrected chi connectivity index (χ3v) is 3.85. The zero-order valence-corrected chi connectivity index (χ0v) is 10.2. The van der Waals surface area contributed by atoms with Gasteiger partial charge in [-0.2, -0.15) is 11.8 Å². The molecule has 5 unspecified atom stereocenters. The van der Waals surface area contributed by atoms with Crippen LogP contribution in [0.25, 0.3) is 0 Å². The van der Waals surface area contributed by atoms with Gasteiger partial charge in [-0.25, -0.2) is 0 Å². The molecule has 2 heteroatoms. The number of allylic oxidation sites excluding steroid dienone is 2. The molecule has 0 saturated heterocycles. The van der Waals surface area contributed by atoms with Gasteiger partial charge in [0, 0.05) is 27.5 Å². The Balaban J connectivity index is 0.000000490. The van der Waals surface area contributed by atoms with Gasteiger partial charge in [-0.3, -0.25) is 12.5 Å². The van der Waals surface area contributed by atoms with E-state index in [2.05, 4.69) is 18.6 Å². The molecular weight excluding hydrogens is 267 g/mol. The molecule has 2 bridgehead atoms. The van der Waals surface area contributed by atoms with Gasteiger partial charge in [0.05, 0.1) is 0 Å². The van der Waals surface area contributed by atoms with E-state index in [0.717, 1.165) is 23.7 Å². The fraction of sp³-hybridized carbons (Fsp3) is 0.667. The van der Waals surface area contributed by atoms with Gasteiger partial charge in [-0.1, -0.05) is 24.9 Å². The summed E-state index contributed by atoms with van der Waals surface area (Å²) in [5.74, 6) is 3.20. The minimum absolute atomic E-state index is 0. The molecule has 14 heavy (non-hydrogen) atoms. The Hall–Kier alpha value is 0.362. The van der Waals surface area contributed by atoms with Crippen LogP contribution in [0.4, 0.5) is 0 Å². The van der Waals surface area contributed by atoms with E-state index in [4.69, 9.17) is 4.74 Å². The molecule has 2 saturated carbocycles. The normalized spacial score (nSPS) is 47.1. The number of fused-ring (bicyclic) bond motifs is 5. The molecule has 0 heterocycles. The summed E-state index contributed by atoms with van der Waals surface area (Å²) in [4.78, 5) is 0. The second-order valence-electron chi connectivity index (χ2n) is 4.25. The molecule has 3 aliphatic carbocycles. The predicted octanol–water partition coefficient (Wildman–Crippen LogP) is 2.30. The Kier molecular flexibility index (Phi) is 3.97. The second-order valence-corrected chi connectivity index (χ2v) is 4.25. The number of hydrogen-bond acceptors (Lipinski definition) is 1. The number of methoxy groups -OCH3 is 1. The standard InChI is InChI=1S/C11H14O.CH3.Pd/c1-12-11-6-7-5-10(11)9-4-2-3-8(7)9;;/h2,6-11H,4-5H2,1H3;1H3;/q-2;-1;. The average molecular weight is 284 g/mol. The van der Waals surface area contributed by atoms with Crippen molar-refractivity contribution in [3.05, 3.63) is 26.0 Å². The van der Waals surface area contributed by atoms with Crippen molar-refractivity contribution in [2.45, 2.75) is 18.9 Å². The Bertz CT molecular complexity index is 224. The Labute approximate surface area is 101 Å². The quantitative estimate of drug-likeness (QED) is 0.530. The Morgan fingerprint density at radius 1 is 1.43 bits per heavy atom. The van der Waals surface area contributed by atoms with Crippen molar-refractivity contribution in [3.63, 3.8) is 0 Å². The van der Waals surface area contributed by atoms with Crippen LogP contribution >= 0.6 is 0 Å². The molecule has 0 spiro atoms. The largest absolute Gasteiger partial charge is 0.499 e. The molecule has 0 amide bonds. The predicted molar refractivity (Wildman–Crippen MR) is 52.5 cm³/mol. The first kappa shape index (κ1) is 12.4. The van der Waals surface area contributed by atoms with E-state index in [0.29, 0.717) is 6.10 Å². The van der Waals surface area contributed by atoms with Gasteiger partial charge >= 0.3 is 0 Å². The van der Waals surface area contributed by atoms with E-state index in [1.807, 2.05) is 7.11 Å². The number of rotatable bonds is 1. The first-order valence-corrected chi connectivity index (χ1v) is 4.85. The van der Waals surface area contributed by atoms with Crippen LogP contribution in [0, 0.1) is 43.6 Å². The molecule has 0 aliphatic heterocycles. The van der Waals surface area contributed by atoms with Crippen molar-refractivity contribution in [2.75, 3.05) is 7.11 Å². The van der Waals surface area contributed by atoms with Gasteiger partial charge in [-0.15, -0.1) is 0 Å². The first-order valence-electron chi connectivity index (χ1n) is 4.85. The van der Waals surface area contributed by atoms with Crippen molar-refractivity contribution in [1.29, 1.82) is 0 Å². The van der Waals surface area contributed by atoms with Crippen molar-refractivity contribution >= 4 is 0 Å². The topological polar surface area (TPSA) is 9.23 Å². The van der Waals surface area contributed by atoms with Crippen molar-refractivity contribution in [2.24, 2.45) is 23.7 Å². The van der Waals surface area contributed by atoms with Gasteiger partial charge in [0.15, 0.2) is 0 Å². The van der Waals surface area contributed by atoms with Crippen molar-refractivity contribution in [3.8, 4) is 0 Å². The van der Waals surface area contributed by atoms with Crippen molar-refractivity contribution in [1.82, 2.24) is 0 Å². The summed E-state index contributed by atoms with van der Waals surface area (Å²) in [6.45, 7) is 0. The summed E-state index contributed by atoms with van der Waals surface area (Å²) >= 11 is 0. The van der Waals surface area contributed by atoms with Gasteiger partial charge < -0.3 is 18.2 Å². The van der Waals surface area contributed by atoms with Crippen LogP contribution in [0.1, 0.15) is 12.8 Å². The summed E-state index contributed by atoms with van der Waals surface area (Å²) in [7, 11) is 1.84. The first-order chi connectivity index (χ1) is 5.90. The van der Waals surface area contributed by atoms with E-state index in [9.17, 15) is 0 Å². The van der Waals surface area contributed by atoms with E-state index in [1.165, 1.54) is 12.8 Å². The molecule has 2 fully saturated rings. The maximum Gasteiger partial charge on any atom is 0.0323 e. The fourth-order valence-corrected chi connectivity index (χ4v) is 3.34. The van der Waals surface area contributed by atoms with E-state index in [-0.39, 0.29) is 27.8 Å². The van der Waals surface area contributed by atoms with Crippen LogP contribution in [0.5, 0.6) is 0 Å². The number of ether oxygens (including phenoxy) is 1. The molecule has 84 valence electrons. The fourth-order valence-electron chi connectivity index (χ4n) is 3.34. The van der Waals surface area contributed by atoms with E-state index in [1.54, 1.807) is 0 Å². The molecule has 1 nitrogen and oxygen atoms in total. The van der Waals surface area contributed by atoms with Gasteiger partial charge in [0.25, 0.3) is 0 Å². The van der Waals surface area contributed by atoms with Crippen LogP contribution in [-0.2, 0) is 25.2 Å². The third-order valence-electron chi connectivity index (χ3n) is 3.85. The molecule has 0 N–H and O–H groups in total. The van der Waals surface area contributed by atoms with E-state index >= 15 is 0 Å². The third kappa shape index (κ3) is 1.52. The molecular formula is C12H17OPd-3. The van der Waals surface area contributed by atoms with Gasteiger partial charge in [-0.05, 0) is 5.92 Å². The molecule has 0 radical (unpaired) electrons. The van der Waals surface area contributed by atoms with E-state index < -0.39 is 0 Å². The number of hydrogen-bond donors (Lipinski definition) is 0. The van der Waals surface area contributed by atoms with Crippen LogP contribution in [-0.4, -0.2) is 13.2 Å². The van der Waals surface area contributed by atoms with Gasteiger partial charge in [0.2, 0.25) is 0 Å². The SMILES string of the molecule is COC1[CH-]C2CC1C1CC=[C-]C21.[CH3-].[Pd]. The van der Waals surface area contributed by atoms with Crippen LogP contribution in [0.2, 0.25) is 0 Å². The molecule has 0 aromatic carbocycles. The summed E-state index contributed by atoms with van der Waals surface area (Å²) < 4.78 is 5.46. The minimum atomic E-state index is 0. The maximum atomic E-state index is 5.46. The molecule has 5 atom stereocenters. The minimum Gasteiger partial charge on any atom is -0.499 e. The maximum absolute atomic E-state index is 5.46. The summed E-state index contributed by atoms with van der Waals surface area (Å²) in [5, 5.41) is 0. The van der Waals surface area contributed by atoms with Crippen LogP contribution in [0.15, 0.2) is 6.08 Å². The monoisotopic (exact) mass is 283 g/mol. The zero-order valence-electron chi connectivity index (χ0n) is 8.68. The van der Waals surface area contributed by atoms with Crippen molar-refractivity contribution < 1.29 is 25.2 Å². The molecule has 0 aromatic rings. The second kappa shape index (κ2) is 4.47. The molecule has 3 aliphatic rings. The zero-order chi connectivity index (χ0) is 8.13. The van der Waals surface area contributed by atoms with Gasteiger partial charge in [0.1, 0.15) is 0 Å². The Morgan fingerprint density at radius 3 is 2.93 bits per heavy atom. The summed E-state index contributed by atoms with van der Waals surface area (Å²) in [6, 6.07) is 0. The van der Waals surface area contributed by atoms with Crippen LogP contribution in [0.3, 0.4) is 0 Å². The Morgan fingerprint density at radius 2 is 2.21 bits per heavy atom. The summed E-state index contributed by atoms with van der Waals surface area (Å²) in [6.07, 6.45) is 11.2. The van der Waals surface area contributed by atoms with Crippen LogP contribution < -0.4 is 0 Å². The average Bonchev–Trinajstić information content (AvgIpc) is 2.75. The molecule has 3 rings (SSSR count).